The van der Waals surface area contributed by atoms with E-state index >= 15 is 0 Å². The van der Waals surface area contributed by atoms with Gasteiger partial charge in [0.05, 0.1) is 12.7 Å². The van der Waals surface area contributed by atoms with Gasteiger partial charge < -0.3 is 24.4 Å². The highest BCUT2D eigenvalue weighted by atomic mass is 16.8. The van der Waals surface area contributed by atoms with E-state index in [9.17, 15) is 5.11 Å². The van der Waals surface area contributed by atoms with Crippen molar-refractivity contribution in [1.82, 2.24) is 0 Å². The summed E-state index contributed by atoms with van der Waals surface area (Å²) >= 11 is 0. The van der Waals surface area contributed by atoms with Gasteiger partial charge in [-0.3, -0.25) is 0 Å². The summed E-state index contributed by atoms with van der Waals surface area (Å²) in [7, 11) is 0. The van der Waals surface area contributed by atoms with Gasteiger partial charge in [0.1, 0.15) is 12.2 Å². The molecule has 0 aromatic rings. The van der Waals surface area contributed by atoms with Crippen molar-refractivity contribution < 1.29 is 24.4 Å². The van der Waals surface area contributed by atoms with Crippen molar-refractivity contribution in [2.75, 3.05) is 6.61 Å². The van der Waals surface area contributed by atoms with E-state index in [0.717, 1.165) is 0 Å². The molecule has 0 unspecified atom stereocenters. The van der Waals surface area contributed by atoms with Crippen LogP contribution in [0.3, 0.4) is 0 Å². The van der Waals surface area contributed by atoms with Crippen LogP contribution in [-0.2, 0) is 14.2 Å². The molecular weight excluding hydrogens is 200 g/mol. The van der Waals surface area contributed by atoms with Gasteiger partial charge in [-0.05, 0) is 13.8 Å². The molecule has 2 heterocycles. The molecule has 2 aliphatic heterocycles. The van der Waals surface area contributed by atoms with E-state index in [0.29, 0.717) is 0 Å². The topological polar surface area (TPSA) is 68.2 Å². The lowest BCUT2D eigenvalue weighted by atomic mass is 9.97. The largest absolute Gasteiger partial charge is 0.394 e. The second-order valence-electron chi connectivity index (χ2n) is 4.68. The second kappa shape index (κ2) is 3.68. The fourth-order valence-electron chi connectivity index (χ4n) is 2.23. The first-order valence-corrected chi connectivity index (χ1v) is 5.24. The van der Waals surface area contributed by atoms with E-state index in [-0.39, 0.29) is 18.6 Å². The minimum Gasteiger partial charge on any atom is -0.394 e. The maximum atomic E-state index is 9.53. The number of hydrogen-bond acceptors (Lipinski definition) is 5. The average molecular weight is 218 g/mol. The van der Waals surface area contributed by atoms with E-state index in [1.54, 1.807) is 0 Å². The highest BCUT2D eigenvalue weighted by Gasteiger charge is 2.54. The van der Waals surface area contributed by atoms with E-state index in [4.69, 9.17) is 19.3 Å². The predicted molar refractivity (Wildman–Crippen MR) is 51.0 cm³/mol. The van der Waals surface area contributed by atoms with E-state index < -0.39 is 24.3 Å². The first-order valence-electron chi connectivity index (χ1n) is 5.24. The minimum atomic E-state index is -0.874. The zero-order chi connectivity index (χ0) is 11.2. The fraction of sp³-hybridized carbons (Fsp3) is 1.00. The van der Waals surface area contributed by atoms with Gasteiger partial charge in [-0.15, -0.1) is 0 Å². The van der Waals surface area contributed by atoms with Gasteiger partial charge in [-0.2, -0.15) is 0 Å². The summed E-state index contributed by atoms with van der Waals surface area (Å²) in [5, 5.41) is 18.4. The Morgan fingerprint density at radius 2 is 2.00 bits per heavy atom. The SMILES string of the molecule is C[C@H]1[C@H]2OC(C)(C)O[C@H]2O[C@@H]1[C@H](O)CO. The summed E-state index contributed by atoms with van der Waals surface area (Å²) in [6, 6.07) is 0. The van der Waals surface area contributed by atoms with Crippen LogP contribution in [0.2, 0.25) is 0 Å². The van der Waals surface area contributed by atoms with Crippen LogP contribution in [0.5, 0.6) is 0 Å². The molecule has 2 saturated heterocycles. The predicted octanol–water partition coefficient (Wildman–Crippen LogP) is -0.148. The quantitative estimate of drug-likeness (QED) is 0.674. The molecule has 0 spiro atoms. The number of rotatable bonds is 2. The normalized spacial score (nSPS) is 45.4. The molecule has 2 fully saturated rings. The fourth-order valence-corrected chi connectivity index (χ4v) is 2.23. The molecule has 5 heteroatoms. The zero-order valence-electron chi connectivity index (χ0n) is 9.21. The Morgan fingerprint density at radius 1 is 1.33 bits per heavy atom. The lowest BCUT2D eigenvalue weighted by Crippen LogP contribution is -2.37. The van der Waals surface area contributed by atoms with Crippen molar-refractivity contribution in [2.45, 2.75) is 51.2 Å². The molecule has 0 radical (unpaired) electrons. The molecule has 0 bridgehead atoms. The molecule has 0 aromatic carbocycles. The van der Waals surface area contributed by atoms with Crippen molar-refractivity contribution in [1.29, 1.82) is 0 Å². The van der Waals surface area contributed by atoms with E-state index in [1.165, 1.54) is 0 Å². The number of aliphatic hydroxyl groups excluding tert-OH is 2. The molecular formula is C10H18O5. The Balaban J connectivity index is 2.05. The smallest absolute Gasteiger partial charge is 0.187 e. The monoisotopic (exact) mass is 218 g/mol. The Bertz CT molecular complexity index is 242. The third-order valence-corrected chi connectivity index (χ3v) is 2.98. The minimum absolute atomic E-state index is 0.0129. The van der Waals surface area contributed by atoms with Crippen LogP contribution in [0.4, 0.5) is 0 Å². The summed E-state index contributed by atoms with van der Waals surface area (Å²) in [6.07, 6.45) is -1.88. The lowest BCUT2D eigenvalue weighted by Gasteiger charge is -2.25. The summed E-state index contributed by atoms with van der Waals surface area (Å²) in [4.78, 5) is 0. The van der Waals surface area contributed by atoms with Crippen molar-refractivity contribution in [3.63, 3.8) is 0 Å². The number of aliphatic hydroxyl groups is 2. The van der Waals surface area contributed by atoms with Gasteiger partial charge in [0.25, 0.3) is 0 Å². The van der Waals surface area contributed by atoms with Gasteiger partial charge in [-0.25, -0.2) is 0 Å². The maximum absolute atomic E-state index is 9.53. The molecule has 0 saturated carbocycles. The summed E-state index contributed by atoms with van der Waals surface area (Å²) < 4.78 is 16.7. The standard InChI is InChI=1S/C10H18O5/c1-5-7(6(12)4-11)13-9-8(5)14-10(2,3)15-9/h5-9,11-12H,4H2,1-3H3/t5-,6-,7+,8-,9-/m1/s1. The molecule has 2 aliphatic rings. The Morgan fingerprint density at radius 3 is 2.53 bits per heavy atom. The number of hydrogen-bond donors (Lipinski definition) is 2. The van der Waals surface area contributed by atoms with Crippen molar-refractivity contribution >= 4 is 0 Å². The van der Waals surface area contributed by atoms with Crippen LogP contribution in [-0.4, -0.2) is 47.2 Å². The van der Waals surface area contributed by atoms with Crippen LogP contribution >= 0.6 is 0 Å². The molecule has 88 valence electrons. The molecule has 0 aromatic heterocycles. The summed E-state index contributed by atoms with van der Waals surface area (Å²) in [6.45, 7) is 5.29. The third kappa shape index (κ3) is 1.90. The van der Waals surface area contributed by atoms with E-state index in [2.05, 4.69) is 0 Å². The molecule has 0 aliphatic carbocycles. The average Bonchev–Trinajstić information content (AvgIpc) is 2.60. The van der Waals surface area contributed by atoms with Crippen LogP contribution in [0, 0.1) is 5.92 Å². The van der Waals surface area contributed by atoms with Crippen LogP contribution in [0.15, 0.2) is 0 Å². The molecule has 0 amide bonds. The van der Waals surface area contributed by atoms with Crippen molar-refractivity contribution in [3.05, 3.63) is 0 Å². The van der Waals surface area contributed by atoms with Crippen molar-refractivity contribution in [2.24, 2.45) is 5.92 Å². The summed E-state index contributed by atoms with van der Waals surface area (Å²) in [5.41, 5.74) is 0. The second-order valence-corrected chi connectivity index (χ2v) is 4.68. The maximum Gasteiger partial charge on any atom is 0.187 e. The van der Waals surface area contributed by atoms with Gasteiger partial charge >= 0.3 is 0 Å². The van der Waals surface area contributed by atoms with Crippen LogP contribution in [0.25, 0.3) is 0 Å². The highest BCUT2D eigenvalue weighted by molar-refractivity contribution is 4.93. The van der Waals surface area contributed by atoms with Crippen molar-refractivity contribution in [3.8, 4) is 0 Å². The Labute approximate surface area is 88.9 Å². The number of ether oxygens (including phenoxy) is 3. The van der Waals surface area contributed by atoms with E-state index in [1.807, 2.05) is 20.8 Å². The molecule has 2 N–H and O–H groups in total. The zero-order valence-corrected chi connectivity index (χ0v) is 9.21. The highest BCUT2D eigenvalue weighted by Crippen LogP contribution is 2.41. The molecule has 15 heavy (non-hydrogen) atoms. The first-order chi connectivity index (χ1) is 6.94. The molecule has 2 rings (SSSR count). The Kier molecular flexibility index (Phi) is 2.77. The third-order valence-electron chi connectivity index (χ3n) is 2.98. The van der Waals surface area contributed by atoms with Gasteiger partial charge in [0, 0.05) is 5.92 Å². The Hall–Kier alpha value is -0.200. The molecule has 5 nitrogen and oxygen atoms in total. The van der Waals surface area contributed by atoms with Crippen LogP contribution < -0.4 is 0 Å². The van der Waals surface area contributed by atoms with Gasteiger partial charge in [0.2, 0.25) is 0 Å². The lowest BCUT2D eigenvalue weighted by molar-refractivity contribution is -0.221. The number of fused-ring (bicyclic) bond motifs is 1. The van der Waals surface area contributed by atoms with Gasteiger partial charge in [0.15, 0.2) is 12.1 Å². The van der Waals surface area contributed by atoms with Gasteiger partial charge in [-0.1, -0.05) is 6.92 Å². The first kappa shape index (κ1) is 11.3. The summed E-state index contributed by atoms with van der Waals surface area (Å²) in [5.74, 6) is -0.613. The van der Waals surface area contributed by atoms with Crippen LogP contribution in [0.1, 0.15) is 20.8 Å². The molecule has 5 atom stereocenters.